The van der Waals surface area contributed by atoms with Crippen molar-refractivity contribution < 1.29 is 14.3 Å². The first-order valence-electron chi connectivity index (χ1n) is 5.81. The Hall–Kier alpha value is -1.26. The van der Waals surface area contributed by atoms with Crippen LogP contribution in [0.2, 0.25) is 0 Å². The van der Waals surface area contributed by atoms with Gasteiger partial charge in [0.1, 0.15) is 5.75 Å². The molecular weight excluding hydrogens is 254 g/mol. The summed E-state index contributed by atoms with van der Waals surface area (Å²) < 4.78 is 10.2. The second kappa shape index (κ2) is 8.78. The molecule has 0 aliphatic rings. The largest absolute Gasteiger partial charge is 0.494 e. The Morgan fingerprint density at radius 3 is 2.67 bits per heavy atom. The quantitative estimate of drug-likeness (QED) is 0.809. The van der Waals surface area contributed by atoms with Crippen molar-refractivity contribution >= 4 is 18.4 Å². The molecule has 1 rings (SSSR count). The molecule has 0 aliphatic carbocycles. The van der Waals surface area contributed by atoms with Crippen molar-refractivity contribution in [3.63, 3.8) is 0 Å². The molecule has 1 unspecified atom stereocenters. The third kappa shape index (κ3) is 5.38. The molecule has 0 radical (unpaired) electrons. The molecule has 0 fully saturated rings. The van der Waals surface area contributed by atoms with Crippen molar-refractivity contribution in [2.75, 3.05) is 13.2 Å². The van der Waals surface area contributed by atoms with Gasteiger partial charge in [-0.1, -0.05) is 12.1 Å². The van der Waals surface area contributed by atoms with Crippen molar-refractivity contribution in [2.45, 2.75) is 26.3 Å². The summed E-state index contributed by atoms with van der Waals surface area (Å²) in [6, 6.07) is 7.12. The molecule has 0 spiro atoms. The normalized spacial score (nSPS) is 11.3. The Kier molecular flexibility index (Phi) is 8.16. The van der Waals surface area contributed by atoms with E-state index in [1.54, 1.807) is 6.92 Å². The summed E-state index contributed by atoms with van der Waals surface area (Å²) in [7, 11) is 0. The number of hydrogen-bond donors (Lipinski definition) is 1. The number of ether oxygens (including phenoxy) is 2. The highest BCUT2D eigenvalue weighted by Crippen LogP contribution is 2.20. The zero-order chi connectivity index (χ0) is 12.7. The maximum absolute atomic E-state index is 11.3. The lowest BCUT2D eigenvalue weighted by molar-refractivity contribution is -0.143. The average Bonchev–Trinajstić information content (AvgIpc) is 2.30. The van der Waals surface area contributed by atoms with E-state index in [4.69, 9.17) is 15.2 Å². The number of carbonyl (C=O) groups is 1. The maximum Gasteiger partial charge on any atom is 0.307 e. The van der Waals surface area contributed by atoms with Crippen molar-refractivity contribution in [1.82, 2.24) is 0 Å². The van der Waals surface area contributed by atoms with Crippen molar-refractivity contribution in [3.05, 3.63) is 29.8 Å². The van der Waals surface area contributed by atoms with E-state index in [9.17, 15) is 4.79 Å². The highest BCUT2D eigenvalue weighted by molar-refractivity contribution is 5.85. The molecule has 0 saturated carbocycles. The Morgan fingerprint density at radius 1 is 1.33 bits per heavy atom. The van der Waals surface area contributed by atoms with Crippen LogP contribution < -0.4 is 10.5 Å². The molecule has 0 aromatic heterocycles. The second-order valence-corrected chi connectivity index (χ2v) is 3.62. The summed E-state index contributed by atoms with van der Waals surface area (Å²) in [6.07, 6.45) is 0.184. The van der Waals surface area contributed by atoms with E-state index in [1.807, 2.05) is 31.2 Å². The molecule has 1 aromatic rings. The van der Waals surface area contributed by atoms with Gasteiger partial charge in [-0.05, 0) is 31.5 Å². The first-order chi connectivity index (χ1) is 8.17. The third-order valence-electron chi connectivity index (χ3n) is 2.29. The highest BCUT2D eigenvalue weighted by atomic mass is 35.5. The summed E-state index contributed by atoms with van der Waals surface area (Å²) in [5, 5.41) is 0. The number of rotatable bonds is 6. The minimum absolute atomic E-state index is 0. The van der Waals surface area contributed by atoms with E-state index >= 15 is 0 Å². The first kappa shape index (κ1) is 16.7. The van der Waals surface area contributed by atoms with Gasteiger partial charge in [-0.15, -0.1) is 12.4 Å². The van der Waals surface area contributed by atoms with Crippen LogP contribution in [0.3, 0.4) is 0 Å². The summed E-state index contributed by atoms with van der Waals surface area (Å²) in [5.41, 5.74) is 6.81. The fraction of sp³-hybridized carbons (Fsp3) is 0.462. The van der Waals surface area contributed by atoms with Crippen LogP contribution in [0.5, 0.6) is 5.75 Å². The van der Waals surface area contributed by atoms with Gasteiger partial charge < -0.3 is 15.2 Å². The van der Waals surface area contributed by atoms with Gasteiger partial charge in [-0.25, -0.2) is 0 Å². The molecule has 0 saturated heterocycles. The van der Waals surface area contributed by atoms with Gasteiger partial charge >= 0.3 is 5.97 Å². The highest BCUT2D eigenvalue weighted by Gasteiger charge is 2.12. The predicted molar refractivity (Wildman–Crippen MR) is 73.0 cm³/mol. The van der Waals surface area contributed by atoms with Crippen molar-refractivity contribution in [2.24, 2.45) is 5.73 Å². The van der Waals surface area contributed by atoms with E-state index in [0.29, 0.717) is 13.2 Å². The number of carbonyl (C=O) groups excluding carboxylic acids is 1. The van der Waals surface area contributed by atoms with E-state index < -0.39 is 0 Å². The fourth-order valence-electron chi connectivity index (χ4n) is 1.52. The van der Waals surface area contributed by atoms with Crippen LogP contribution in [-0.2, 0) is 9.53 Å². The van der Waals surface area contributed by atoms with Crippen molar-refractivity contribution in [1.29, 1.82) is 0 Å². The zero-order valence-corrected chi connectivity index (χ0v) is 11.5. The van der Waals surface area contributed by atoms with E-state index in [-0.39, 0.29) is 30.8 Å². The molecule has 102 valence electrons. The number of benzene rings is 1. The van der Waals surface area contributed by atoms with Gasteiger partial charge in [0.25, 0.3) is 0 Å². The molecule has 0 heterocycles. The SMILES string of the molecule is CCOC(=O)CC(N)c1cccc(OCC)c1.Cl. The Labute approximate surface area is 114 Å². The monoisotopic (exact) mass is 273 g/mol. The standard InChI is InChI=1S/C13H19NO3.ClH/c1-3-16-11-7-5-6-10(8-11)12(14)9-13(15)17-4-2;/h5-8,12H,3-4,9,14H2,1-2H3;1H. The lowest BCUT2D eigenvalue weighted by atomic mass is 10.0. The molecule has 0 bridgehead atoms. The third-order valence-corrected chi connectivity index (χ3v) is 2.29. The number of halogens is 1. The van der Waals surface area contributed by atoms with Gasteiger partial charge in [0.15, 0.2) is 0 Å². The smallest absolute Gasteiger partial charge is 0.307 e. The van der Waals surface area contributed by atoms with Gasteiger partial charge in [0, 0.05) is 6.04 Å². The first-order valence-corrected chi connectivity index (χ1v) is 5.81. The number of nitrogens with two attached hydrogens (primary N) is 1. The molecule has 0 aliphatic heterocycles. The van der Waals surface area contributed by atoms with Crippen molar-refractivity contribution in [3.8, 4) is 5.75 Å². The van der Waals surface area contributed by atoms with Crippen LogP contribution in [-0.4, -0.2) is 19.2 Å². The number of esters is 1. The van der Waals surface area contributed by atoms with Gasteiger partial charge in [-0.3, -0.25) is 4.79 Å². The summed E-state index contributed by atoms with van der Waals surface area (Å²) >= 11 is 0. The van der Waals surface area contributed by atoms with E-state index in [2.05, 4.69) is 0 Å². The summed E-state index contributed by atoms with van der Waals surface area (Å²) in [5.74, 6) is 0.492. The molecule has 2 N–H and O–H groups in total. The van der Waals surface area contributed by atoms with E-state index in [1.165, 1.54) is 0 Å². The summed E-state index contributed by atoms with van der Waals surface area (Å²) in [6.45, 7) is 4.69. The zero-order valence-electron chi connectivity index (χ0n) is 10.7. The molecule has 1 atom stereocenters. The molecule has 5 heteroatoms. The number of hydrogen-bond acceptors (Lipinski definition) is 4. The van der Waals surface area contributed by atoms with Gasteiger partial charge in [0.05, 0.1) is 19.6 Å². The Bertz CT molecular complexity index is 371. The summed E-state index contributed by atoms with van der Waals surface area (Å²) in [4.78, 5) is 11.3. The van der Waals surface area contributed by atoms with Gasteiger partial charge in [0.2, 0.25) is 0 Å². The molecule has 1 aromatic carbocycles. The average molecular weight is 274 g/mol. The second-order valence-electron chi connectivity index (χ2n) is 3.62. The molecular formula is C13H20ClNO3. The van der Waals surface area contributed by atoms with Crippen LogP contribution in [0.15, 0.2) is 24.3 Å². The lowest BCUT2D eigenvalue weighted by Crippen LogP contribution is -2.17. The fourth-order valence-corrected chi connectivity index (χ4v) is 1.52. The van der Waals surface area contributed by atoms with Gasteiger partial charge in [-0.2, -0.15) is 0 Å². The van der Waals surface area contributed by atoms with E-state index in [0.717, 1.165) is 11.3 Å². The Morgan fingerprint density at radius 2 is 2.06 bits per heavy atom. The maximum atomic E-state index is 11.3. The molecule has 18 heavy (non-hydrogen) atoms. The lowest BCUT2D eigenvalue weighted by Gasteiger charge is -2.12. The minimum atomic E-state index is -0.352. The van der Waals surface area contributed by atoms with Crippen LogP contribution in [0.1, 0.15) is 31.9 Å². The van der Waals surface area contributed by atoms with Crippen LogP contribution in [0.25, 0.3) is 0 Å². The van der Waals surface area contributed by atoms with Crippen LogP contribution in [0, 0.1) is 0 Å². The predicted octanol–water partition coefficient (Wildman–Crippen LogP) is 2.46. The van der Waals surface area contributed by atoms with Crippen LogP contribution >= 0.6 is 12.4 Å². The molecule has 4 nitrogen and oxygen atoms in total. The molecule has 0 amide bonds. The Balaban J connectivity index is 0.00000289. The van der Waals surface area contributed by atoms with Crippen LogP contribution in [0.4, 0.5) is 0 Å². The minimum Gasteiger partial charge on any atom is -0.494 e. The topological polar surface area (TPSA) is 61.5 Å².